The summed E-state index contributed by atoms with van der Waals surface area (Å²) in [7, 11) is 2.53. The molecule has 8 rings (SSSR count). The van der Waals surface area contributed by atoms with Crippen molar-refractivity contribution in [3.8, 4) is 59.2 Å². The maximum Gasteiger partial charge on any atom is 0.573 e. The standard InChI is InChI=1S/C24H29N3O6.C19H16F3N3O4.C18H23N3O5.C9H6O2.C7H4F3IO/c1-24(2,3)33-22(29)25-13-20(21(28)27-31-4)26-23(30)32-14-19-17-11-7-5-9-15(17)16-10-6-8-12-18(16)19;20-19(21,22)29-15-9-5-13(6-10-15)2-1-12-3-7-14(8-4-12)17(26)24-16(11-23)18(27)25-28;1-6-12-7-9-13(10-8-12)15(22)20-14(16(23)21-25-5)11-19-17(24)26-18(2,3)4;1-2-7-3-5-8(6-4-7)9(10)11;8-7(9,10)12-6-3-1-5(11)2-4-6/h5-12,19-20H,13-14H2,1-4H3,(H,25,29)(H,26,30)(H,27,28);3-10,16,28H,11,23H2,(H,24,26)(H,25,27);1,7-10,14H,11H2,2-5H3,(H,19,24)(H,20,22)(H,21,23);1,3-6H,(H,10,11);1-4H/t20-;16-;14-;;/m000../s1. The largest absolute Gasteiger partial charge is 0.573 e. The third kappa shape index (κ3) is 34.2. The van der Waals surface area contributed by atoms with Gasteiger partial charge in [-0.05, 0) is 208 Å². The fraction of sp³-hybridized carbons (Fsp3) is 0.260. The second kappa shape index (κ2) is 44.2. The number of benzene rings is 7. The smallest absolute Gasteiger partial charge is 0.478 e. The van der Waals surface area contributed by atoms with Crippen LogP contribution < -0.4 is 58.2 Å². The van der Waals surface area contributed by atoms with Gasteiger partial charge in [-0.1, -0.05) is 72.2 Å². The molecule has 8 amide bonds. The fourth-order valence-electron chi connectivity index (χ4n) is 8.99. The maximum atomic E-state index is 12.5. The van der Waals surface area contributed by atoms with Gasteiger partial charge in [0.2, 0.25) is 0 Å². The topological polar surface area (TPSA) is 381 Å². The van der Waals surface area contributed by atoms with Gasteiger partial charge in [0.05, 0.1) is 32.9 Å². The molecule has 0 aromatic heterocycles. The highest BCUT2D eigenvalue weighted by Gasteiger charge is 2.34. The number of hydrogen-bond donors (Lipinski definition) is 11. The summed E-state index contributed by atoms with van der Waals surface area (Å²) in [4.78, 5) is 116. The molecule has 0 unspecified atom stereocenters. The van der Waals surface area contributed by atoms with E-state index in [1.54, 1.807) is 90.1 Å². The minimum absolute atomic E-state index is 0.0952. The number of ether oxygens (including phenoxy) is 5. The van der Waals surface area contributed by atoms with Crippen molar-refractivity contribution in [1.29, 1.82) is 0 Å². The van der Waals surface area contributed by atoms with Gasteiger partial charge in [0.1, 0.15) is 47.4 Å². The lowest BCUT2D eigenvalue weighted by Gasteiger charge is -2.22. The monoisotopic (exact) mass is 1660 g/mol. The SMILES string of the molecule is C#Cc1ccc(C(=O)N[C@@H](CNC(=O)OC(C)(C)C)C(=O)NOC)cc1.C#Cc1ccc(C(=O)O)cc1.CONC(=O)[C@H](CNC(=O)OC(C)(C)C)NC(=O)OCC1c2ccccc2-c2ccccc21.FC(F)(F)Oc1ccc(I)cc1.NC[C@H](NC(=O)c1ccc(C#Cc2ccc(OC(F)(F)F)cc2)cc1)C(=O)NO. The number of alkyl halides is 6. The van der Waals surface area contributed by atoms with E-state index in [0.29, 0.717) is 27.8 Å². The molecule has 0 bridgehead atoms. The quantitative estimate of drug-likeness (QED) is 0.00843. The van der Waals surface area contributed by atoms with E-state index in [0.717, 1.165) is 38.0 Å². The van der Waals surface area contributed by atoms with Crippen LogP contribution in [0.25, 0.3) is 11.1 Å². The van der Waals surface area contributed by atoms with Crippen LogP contribution in [-0.2, 0) is 38.3 Å². The molecule has 7 aromatic rings. The first-order valence-electron chi connectivity index (χ1n) is 32.6. The first kappa shape index (κ1) is 91.0. The lowest BCUT2D eigenvalue weighted by atomic mass is 9.98. The predicted octanol–water partition coefficient (Wildman–Crippen LogP) is 10.2. The third-order valence-corrected chi connectivity index (χ3v) is 14.6. The van der Waals surface area contributed by atoms with Crippen molar-refractivity contribution < 1.29 is 113 Å². The number of carbonyl (C=O) groups is 9. The molecule has 111 heavy (non-hydrogen) atoms. The lowest BCUT2D eigenvalue weighted by molar-refractivity contribution is -0.275. The molecule has 7 aromatic carbocycles. The van der Waals surface area contributed by atoms with Crippen LogP contribution in [0.5, 0.6) is 11.5 Å². The number of halogens is 7. The van der Waals surface area contributed by atoms with E-state index in [9.17, 15) is 69.5 Å². The van der Waals surface area contributed by atoms with Crippen LogP contribution in [0.1, 0.15) is 112 Å². The molecule has 588 valence electrons. The molecule has 0 aliphatic heterocycles. The van der Waals surface area contributed by atoms with Crippen LogP contribution >= 0.6 is 22.6 Å². The second-order valence-electron chi connectivity index (χ2n) is 24.5. The zero-order valence-corrected chi connectivity index (χ0v) is 62.8. The van der Waals surface area contributed by atoms with Crippen LogP contribution in [0.2, 0.25) is 0 Å². The summed E-state index contributed by atoms with van der Waals surface area (Å²) in [6.07, 6.45) is -1.23. The van der Waals surface area contributed by atoms with Gasteiger partial charge in [-0.2, -0.15) is 0 Å². The summed E-state index contributed by atoms with van der Waals surface area (Å²) in [5, 5.41) is 29.3. The van der Waals surface area contributed by atoms with Crippen molar-refractivity contribution in [2.24, 2.45) is 5.73 Å². The maximum absolute atomic E-state index is 12.5. The Morgan fingerprint density at radius 3 is 1.22 bits per heavy atom. The van der Waals surface area contributed by atoms with E-state index < -0.39 is 95.8 Å². The molecule has 0 saturated carbocycles. The van der Waals surface area contributed by atoms with Crippen LogP contribution in [0.15, 0.2) is 170 Å². The number of hydrogen-bond acceptors (Lipinski definition) is 18. The zero-order chi connectivity index (χ0) is 82.7. The van der Waals surface area contributed by atoms with Gasteiger partial charge in [-0.25, -0.2) is 35.6 Å². The number of alkyl carbamates (subject to hydrolysis) is 3. The number of fused-ring (bicyclic) bond motifs is 3. The Kier molecular flexibility index (Phi) is 36.2. The second-order valence-corrected chi connectivity index (χ2v) is 25.8. The van der Waals surface area contributed by atoms with Crippen molar-refractivity contribution in [3.05, 3.63) is 223 Å². The van der Waals surface area contributed by atoms with E-state index in [1.807, 2.05) is 71.1 Å². The highest BCUT2D eigenvalue weighted by Crippen LogP contribution is 2.44. The minimum atomic E-state index is -4.76. The molecule has 1 aliphatic rings. The molecule has 0 radical (unpaired) electrons. The number of carboxylic acid groups (broad SMARTS) is 1. The molecular formula is C77H78F6IN9O18. The minimum Gasteiger partial charge on any atom is -0.478 e. The number of rotatable bonds is 20. The van der Waals surface area contributed by atoms with Crippen LogP contribution in [0.4, 0.5) is 40.7 Å². The number of hydroxylamine groups is 3. The highest BCUT2D eigenvalue weighted by atomic mass is 127. The van der Waals surface area contributed by atoms with Gasteiger partial charge in [0.25, 0.3) is 29.5 Å². The van der Waals surface area contributed by atoms with Crippen LogP contribution in [-0.4, -0.2) is 147 Å². The van der Waals surface area contributed by atoms with Crippen molar-refractivity contribution >= 4 is 76.4 Å². The van der Waals surface area contributed by atoms with Gasteiger partial charge in [-0.3, -0.25) is 38.9 Å². The van der Waals surface area contributed by atoms with E-state index in [1.165, 1.54) is 80.4 Å². The average molecular weight is 1660 g/mol. The van der Waals surface area contributed by atoms with Gasteiger partial charge in [0.15, 0.2) is 0 Å². The van der Waals surface area contributed by atoms with Crippen molar-refractivity contribution in [3.63, 3.8) is 0 Å². The summed E-state index contributed by atoms with van der Waals surface area (Å²) >= 11 is 2.00. The van der Waals surface area contributed by atoms with Gasteiger partial charge < -0.3 is 61.1 Å². The zero-order valence-electron chi connectivity index (χ0n) is 60.6. The van der Waals surface area contributed by atoms with E-state index >= 15 is 0 Å². The van der Waals surface area contributed by atoms with Gasteiger partial charge >= 0.3 is 37.0 Å². The summed E-state index contributed by atoms with van der Waals surface area (Å²) < 4.78 is 95.3. The van der Waals surface area contributed by atoms with Crippen molar-refractivity contribution in [1.82, 2.24) is 43.0 Å². The van der Waals surface area contributed by atoms with Crippen LogP contribution in [0.3, 0.4) is 0 Å². The molecule has 12 N–H and O–H groups in total. The number of nitrogens with one attached hydrogen (secondary N) is 8. The molecule has 0 heterocycles. The van der Waals surface area contributed by atoms with Crippen molar-refractivity contribution in [2.75, 3.05) is 40.5 Å². The molecule has 1 aliphatic carbocycles. The molecule has 27 nitrogen and oxygen atoms in total. The average Bonchev–Trinajstić information content (AvgIpc) is 1.62. The Bertz CT molecular complexity index is 4400. The van der Waals surface area contributed by atoms with Crippen molar-refractivity contribution in [2.45, 2.75) is 89.5 Å². The first-order chi connectivity index (χ1) is 52.3. The van der Waals surface area contributed by atoms with Gasteiger partial charge in [0, 0.05) is 49.4 Å². The number of carboxylic acids is 1. The summed E-state index contributed by atoms with van der Waals surface area (Å²) in [6, 6.07) is 41.9. The Morgan fingerprint density at radius 1 is 0.495 bits per heavy atom. The van der Waals surface area contributed by atoms with E-state index in [2.05, 4.69) is 80.4 Å². The molecule has 0 saturated heterocycles. The number of carbonyl (C=O) groups excluding carboxylic acids is 8. The Morgan fingerprint density at radius 2 is 0.856 bits per heavy atom. The molecule has 0 spiro atoms. The molecular weight excluding hydrogens is 1580 g/mol. The van der Waals surface area contributed by atoms with E-state index in [4.69, 9.17) is 43.1 Å². The fourth-order valence-corrected chi connectivity index (χ4v) is 9.35. The third-order valence-electron chi connectivity index (χ3n) is 13.9. The normalized spacial score (nSPS) is 11.8. The number of terminal acetylenes is 2. The molecule has 0 fully saturated rings. The first-order valence-corrected chi connectivity index (χ1v) is 33.7. The lowest BCUT2D eigenvalue weighted by Crippen LogP contribution is -2.53. The summed E-state index contributed by atoms with van der Waals surface area (Å²) in [5.41, 5.74) is 17.2. The Hall–Kier alpha value is -12.4. The predicted molar refractivity (Wildman–Crippen MR) is 399 cm³/mol. The van der Waals surface area contributed by atoms with Gasteiger partial charge in [-0.15, -0.1) is 39.2 Å². The summed E-state index contributed by atoms with van der Waals surface area (Å²) in [5.74, 6) is 5.66. The number of amides is 8. The Balaban J connectivity index is 0.000000308. The van der Waals surface area contributed by atoms with E-state index in [-0.39, 0.29) is 54.8 Å². The molecule has 34 heteroatoms. The number of aromatic carboxylic acids is 1. The molecule has 3 atom stereocenters. The van der Waals surface area contributed by atoms with Crippen LogP contribution in [0, 0.1) is 40.1 Å². The number of nitrogens with two attached hydrogens (primary N) is 1. The Labute approximate surface area is 647 Å². The summed E-state index contributed by atoms with van der Waals surface area (Å²) in [6.45, 7) is 9.79. The highest BCUT2D eigenvalue weighted by molar-refractivity contribution is 14.1.